The van der Waals surface area contributed by atoms with Crippen LogP contribution in [0, 0.1) is 20.2 Å². The highest BCUT2D eigenvalue weighted by molar-refractivity contribution is 4.81. The van der Waals surface area contributed by atoms with Crippen LogP contribution in [-0.2, 0) is 0 Å². The summed E-state index contributed by atoms with van der Waals surface area (Å²) in [5.41, 5.74) is 7.80. The minimum absolute atomic E-state index is 0.349. The van der Waals surface area contributed by atoms with Gasteiger partial charge in [-0.15, -0.1) is 0 Å². The highest BCUT2D eigenvalue weighted by atomic mass is 16.6. The molecule has 0 amide bonds. The molecule has 9 heteroatoms. The first kappa shape index (κ1) is 9.85. The normalized spacial score (nSPS) is 12.0. The monoisotopic (exact) mass is 173 g/mol. The summed E-state index contributed by atoms with van der Waals surface area (Å²) in [4.78, 5) is 20.0. The smallest absolute Gasteiger partial charge is 0.264 e. The van der Waals surface area contributed by atoms with Crippen LogP contribution in [0.2, 0.25) is 0 Å². The maximum atomic E-state index is 9.97. The average molecular weight is 173 g/mol. The Kier molecular flexibility index (Phi) is 3.80. The molecule has 0 spiro atoms. The van der Waals surface area contributed by atoms with Crippen molar-refractivity contribution in [1.29, 1.82) is 0 Å². The van der Waals surface area contributed by atoms with Crippen molar-refractivity contribution in [1.82, 2.24) is 0 Å². The van der Waals surface area contributed by atoms with Crippen LogP contribution in [0.4, 0.5) is 0 Å². The van der Waals surface area contributed by atoms with Crippen LogP contribution in [0.15, 0.2) is 17.4 Å². The van der Waals surface area contributed by atoms with Gasteiger partial charge in [0.15, 0.2) is 0 Å². The zero-order chi connectivity index (χ0) is 9.56. The van der Waals surface area contributed by atoms with E-state index in [1.54, 1.807) is 0 Å². The first-order chi connectivity index (χ1) is 5.57. The molecule has 0 saturated heterocycles. The zero-order valence-corrected chi connectivity index (χ0v) is 5.60. The number of azide groups is 1. The molecule has 0 bridgehead atoms. The molecule has 0 aliphatic heterocycles. The molecular formula is C3H3N5O4. The van der Waals surface area contributed by atoms with Crippen LogP contribution in [0.5, 0.6) is 0 Å². The quantitative estimate of drug-likeness (QED) is 0.203. The molecule has 0 aromatic carbocycles. The fourth-order valence-electron chi connectivity index (χ4n) is 0.351. The van der Waals surface area contributed by atoms with Gasteiger partial charge >= 0.3 is 6.17 Å². The van der Waals surface area contributed by atoms with Gasteiger partial charge in [-0.3, -0.25) is 20.2 Å². The molecule has 0 aromatic heterocycles. The van der Waals surface area contributed by atoms with E-state index in [0.717, 1.165) is 0 Å². The van der Waals surface area contributed by atoms with Gasteiger partial charge in [0.2, 0.25) is 6.20 Å². The van der Waals surface area contributed by atoms with Crippen molar-refractivity contribution in [2.75, 3.05) is 0 Å². The molecule has 0 aliphatic rings. The largest absolute Gasteiger partial charge is 0.316 e. The van der Waals surface area contributed by atoms with Gasteiger partial charge < -0.3 is 0 Å². The molecule has 0 saturated carbocycles. The standard InChI is InChI=1S/C3H3N5O4/c4-6-5-3(8(11)12)1-2-7(9)10/h1-3H. The zero-order valence-electron chi connectivity index (χ0n) is 5.60. The molecular weight excluding hydrogens is 170 g/mol. The van der Waals surface area contributed by atoms with E-state index in [9.17, 15) is 20.2 Å². The van der Waals surface area contributed by atoms with Crippen molar-refractivity contribution < 1.29 is 9.85 Å². The Labute approximate surface area is 65.2 Å². The molecule has 64 valence electrons. The molecule has 0 radical (unpaired) electrons. The van der Waals surface area contributed by atoms with Crippen LogP contribution in [0.25, 0.3) is 10.4 Å². The van der Waals surface area contributed by atoms with Gasteiger partial charge in [-0.1, -0.05) is 0 Å². The molecule has 1 atom stereocenters. The predicted octanol–water partition coefficient (Wildman–Crippen LogP) is 0.690. The van der Waals surface area contributed by atoms with E-state index in [-0.39, 0.29) is 0 Å². The lowest BCUT2D eigenvalue weighted by atomic mass is 10.5. The lowest BCUT2D eigenvalue weighted by molar-refractivity contribution is -0.509. The van der Waals surface area contributed by atoms with E-state index in [2.05, 4.69) is 10.0 Å². The van der Waals surface area contributed by atoms with E-state index in [4.69, 9.17) is 5.53 Å². The Balaban J connectivity index is 4.43. The van der Waals surface area contributed by atoms with Crippen LogP contribution in [0.1, 0.15) is 0 Å². The van der Waals surface area contributed by atoms with Crippen LogP contribution < -0.4 is 0 Å². The van der Waals surface area contributed by atoms with Gasteiger partial charge in [-0.2, -0.15) is 0 Å². The van der Waals surface area contributed by atoms with Crippen molar-refractivity contribution in [3.8, 4) is 0 Å². The van der Waals surface area contributed by atoms with Gasteiger partial charge in [0.25, 0.3) is 0 Å². The Morgan fingerprint density at radius 2 is 2.08 bits per heavy atom. The minimum atomic E-state index is -1.72. The fraction of sp³-hybridized carbons (Fsp3) is 0.333. The average Bonchev–Trinajstić information content (AvgIpc) is 1.96. The van der Waals surface area contributed by atoms with Gasteiger partial charge in [-0.25, -0.2) is 0 Å². The topological polar surface area (TPSA) is 135 Å². The molecule has 0 rings (SSSR count). The van der Waals surface area contributed by atoms with E-state index in [1.165, 1.54) is 0 Å². The van der Waals surface area contributed by atoms with Crippen molar-refractivity contribution in [2.45, 2.75) is 6.17 Å². The van der Waals surface area contributed by atoms with E-state index in [1.807, 2.05) is 0 Å². The summed E-state index contributed by atoms with van der Waals surface area (Å²) in [6.07, 6.45) is -0.789. The lowest BCUT2D eigenvalue weighted by Crippen LogP contribution is -2.12. The third kappa shape index (κ3) is 3.80. The van der Waals surface area contributed by atoms with Crippen LogP contribution in [-0.4, -0.2) is 16.0 Å². The lowest BCUT2D eigenvalue weighted by Gasteiger charge is -1.91. The SMILES string of the molecule is [N-]=[N+]=NC(C=C[N+](=O)[O-])[N+](=O)[O-]. The van der Waals surface area contributed by atoms with Crippen molar-refractivity contribution >= 4 is 0 Å². The first-order valence-corrected chi connectivity index (χ1v) is 2.57. The van der Waals surface area contributed by atoms with Gasteiger partial charge in [0, 0.05) is 9.84 Å². The molecule has 12 heavy (non-hydrogen) atoms. The van der Waals surface area contributed by atoms with Gasteiger partial charge in [0.05, 0.1) is 11.0 Å². The summed E-state index contributed by atoms with van der Waals surface area (Å²) in [6, 6.07) is 0. The Hall–Kier alpha value is -2.15. The number of nitrogens with zero attached hydrogens (tertiary/aromatic N) is 5. The number of hydrogen-bond donors (Lipinski definition) is 0. The van der Waals surface area contributed by atoms with Crippen molar-refractivity contribution in [3.63, 3.8) is 0 Å². The third-order valence-electron chi connectivity index (χ3n) is 0.766. The number of nitro groups is 2. The summed E-state index contributed by atoms with van der Waals surface area (Å²) >= 11 is 0. The Morgan fingerprint density at radius 1 is 1.50 bits per heavy atom. The molecule has 0 aliphatic carbocycles. The summed E-state index contributed by atoms with van der Waals surface area (Å²) in [7, 11) is 0. The number of rotatable bonds is 4. The van der Waals surface area contributed by atoms with Gasteiger partial charge in [0.1, 0.15) is 0 Å². The fourth-order valence-corrected chi connectivity index (χ4v) is 0.351. The molecule has 0 fully saturated rings. The number of hydrogen-bond acceptors (Lipinski definition) is 5. The van der Waals surface area contributed by atoms with E-state index in [0.29, 0.717) is 12.3 Å². The molecule has 0 heterocycles. The Morgan fingerprint density at radius 3 is 2.42 bits per heavy atom. The maximum absolute atomic E-state index is 9.97. The second-order valence-electron chi connectivity index (χ2n) is 1.53. The summed E-state index contributed by atoms with van der Waals surface area (Å²) in [6.45, 7) is 0. The summed E-state index contributed by atoms with van der Waals surface area (Å²) in [5, 5.41) is 22.3. The molecule has 0 N–H and O–H groups in total. The maximum Gasteiger partial charge on any atom is 0.316 e. The second kappa shape index (κ2) is 4.63. The van der Waals surface area contributed by atoms with E-state index >= 15 is 0 Å². The highest BCUT2D eigenvalue weighted by Crippen LogP contribution is 1.94. The van der Waals surface area contributed by atoms with Crippen LogP contribution >= 0.6 is 0 Å². The third-order valence-corrected chi connectivity index (χ3v) is 0.766. The first-order valence-electron chi connectivity index (χ1n) is 2.57. The minimum Gasteiger partial charge on any atom is -0.264 e. The second-order valence-corrected chi connectivity index (χ2v) is 1.53. The van der Waals surface area contributed by atoms with Gasteiger partial charge in [-0.05, 0) is 10.6 Å². The predicted molar refractivity (Wildman–Crippen MR) is 36.1 cm³/mol. The van der Waals surface area contributed by atoms with E-state index < -0.39 is 16.0 Å². The molecule has 0 aromatic rings. The molecule has 1 unspecified atom stereocenters. The summed E-state index contributed by atoms with van der Waals surface area (Å²) in [5.74, 6) is 0. The van der Waals surface area contributed by atoms with Crippen LogP contribution in [0.3, 0.4) is 0 Å². The highest BCUT2D eigenvalue weighted by Gasteiger charge is 2.14. The Bertz CT molecular complexity index is 264. The molecule has 9 nitrogen and oxygen atoms in total. The van der Waals surface area contributed by atoms with Crippen molar-refractivity contribution in [3.05, 3.63) is 42.9 Å². The summed E-state index contributed by atoms with van der Waals surface area (Å²) < 4.78 is 0. The van der Waals surface area contributed by atoms with Crippen molar-refractivity contribution in [2.24, 2.45) is 5.11 Å².